The fourth-order valence-electron chi connectivity index (χ4n) is 1.14. The summed E-state index contributed by atoms with van der Waals surface area (Å²) in [6.07, 6.45) is -0.305. The number of benzene rings is 1. The van der Waals surface area contributed by atoms with Gasteiger partial charge in [-0.2, -0.15) is 5.26 Å². The van der Waals surface area contributed by atoms with E-state index < -0.39 is 11.9 Å². The van der Waals surface area contributed by atoms with E-state index in [4.69, 9.17) is 15.1 Å². The summed E-state index contributed by atoms with van der Waals surface area (Å²) in [6.45, 7) is 0.298. The van der Waals surface area contributed by atoms with Gasteiger partial charge in [0.1, 0.15) is 5.82 Å². The predicted molar refractivity (Wildman–Crippen MR) is 52.4 cm³/mol. The Bertz CT molecular complexity index is 349. The van der Waals surface area contributed by atoms with Crippen LogP contribution < -0.4 is 0 Å². The highest BCUT2D eigenvalue weighted by atomic mass is 19.1. The maximum Gasteiger partial charge on any atom is 0.169 e. The predicted octanol–water partition coefficient (Wildman–Crippen LogP) is 1.79. The third kappa shape index (κ3) is 3.66. The summed E-state index contributed by atoms with van der Waals surface area (Å²) in [5, 5.41) is 17.4. The number of ether oxygens (including phenoxy) is 1. The van der Waals surface area contributed by atoms with Crippen molar-refractivity contribution in [3.63, 3.8) is 0 Å². The Morgan fingerprint density at radius 1 is 1.53 bits per heavy atom. The number of rotatable bonds is 5. The minimum absolute atomic E-state index is 0.0152. The van der Waals surface area contributed by atoms with E-state index in [0.29, 0.717) is 12.0 Å². The van der Waals surface area contributed by atoms with Gasteiger partial charge in [-0.3, -0.25) is 0 Å². The van der Waals surface area contributed by atoms with E-state index in [1.165, 1.54) is 18.2 Å². The first-order valence-corrected chi connectivity index (χ1v) is 4.65. The topological polar surface area (TPSA) is 53.2 Å². The van der Waals surface area contributed by atoms with E-state index in [2.05, 4.69) is 0 Å². The highest BCUT2D eigenvalue weighted by Crippen LogP contribution is 2.17. The lowest BCUT2D eigenvalue weighted by atomic mass is 10.1. The molecular formula is C11H12FNO2. The lowest BCUT2D eigenvalue weighted by molar-refractivity contribution is 0.0772. The van der Waals surface area contributed by atoms with Crippen molar-refractivity contribution in [3.8, 4) is 6.07 Å². The molecule has 80 valence electrons. The van der Waals surface area contributed by atoms with Crippen LogP contribution in [-0.4, -0.2) is 18.3 Å². The van der Waals surface area contributed by atoms with Gasteiger partial charge in [-0.1, -0.05) is 12.1 Å². The van der Waals surface area contributed by atoms with Gasteiger partial charge in [0, 0.05) is 6.61 Å². The van der Waals surface area contributed by atoms with Gasteiger partial charge >= 0.3 is 0 Å². The summed E-state index contributed by atoms with van der Waals surface area (Å²) >= 11 is 0. The zero-order chi connectivity index (χ0) is 11.1. The van der Waals surface area contributed by atoms with Gasteiger partial charge in [0.15, 0.2) is 6.10 Å². The molecule has 15 heavy (non-hydrogen) atoms. The van der Waals surface area contributed by atoms with Crippen LogP contribution in [0.2, 0.25) is 0 Å². The number of nitriles is 1. The minimum atomic E-state index is -0.771. The summed E-state index contributed by atoms with van der Waals surface area (Å²) in [7, 11) is 0. The highest BCUT2D eigenvalue weighted by molar-refractivity contribution is 5.23. The summed E-state index contributed by atoms with van der Waals surface area (Å²) in [5.74, 6) is -0.390. The number of halogens is 1. The number of hydrogen-bond acceptors (Lipinski definition) is 3. The molecule has 0 aliphatic carbocycles. The maximum absolute atomic E-state index is 12.8. The van der Waals surface area contributed by atoms with E-state index in [-0.39, 0.29) is 13.2 Å². The van der Waals surface area contributed by atoms with Crippen molar-refractivity contribution in [2.45, 2.75) is 12.5 Å². The highest BCUT2D eigenvalue weighted by Gasteiger charge is 2.10. The summed E-state index contributed by atoms with van der Waals surface area (Å²) in [4.78, 5) is 0. The van der Waals surface area contributed by atoms with Crippen molar-refractivity contribution in [2.75, 3.05) is 13.2 Å². The minimum Gasteiger partial charge on any atom is -0.396 e. The Morgan fingerprint density at radius 3 is 2.93 bits per heavy atom. The van der Waals surface area contributed by atoms with E-state index in [1.807, 2.05) is 6.07 Å². The third-order valence-electron chi connectivity index (χ3n) is 1.86. The first-order valence-electron chi connectivity index (χ1n) is 4.65. The second kappa shape index (κ2) is 6.12. The molecule has 0 bridgehead atoms. The molecule has 0 radical (unpaired) electrons. The Hall–Kier alpha value is -1.44. The molecule has 1 rings (SSSR count). The molecule has 0 spiro atoms. The molecule has 1 aromatic carbocycles. The van der Waals surface area contributed by atoms with Gasteiger partial charge in [-0.05, 0) is 24.1 Å². The molecule has 4 heteroatoms. The molecule has 1 atom stereocenters. The molecule has 0 fully saturated rings. The van der Waals surface area contributed by atoms with Gasteiger partial charge < -0.3 is 9.84 Å². The van der Waals surface area contributed by atoms with E-state index in [1.54, 1.807) is 6.07 Å². The van der Waals surface area contributed by atoms with Gasteiger partial charge in [-0.15, -0.1) is 0 Å². The molecule has 0 heterocycles. The average molecular weight is 209 g/mol. The van der Waals surface area contributed by atoms with E-state index in [0.717, 1.165) is 0 Å². The van der Waals surface area contributed by atoms with Crippen molar-refractivity contribution in [1.29, 1.82) is 5.26 Å². The van der Waals surface area contributed by atoms with Crippen LogP contribution in [0.4, 0.5) is 4.39 Å². The lowest BCUT2D eigenvalue weighted by Crippen LogP contribution is -2.04. The SMILES string of the molecule is N#CC(OCCCO)c1cccc(F)c1. The molecule has 1 N–H and O–H groups in total. The molecular weight excluding hydrogens is 197 g/mol. The van der Waals surface area contributed by atoms with Gasteiger partial charge in [-0.25, -0.2) is 4.39 Å². The van der Waals surface area contributed by atoms with Gasteiger partial charge in [0.25, 0.3) is 0 Å². The molecule has 3 nitrogen and oxygen atoms in total. The molecule has 1 unspecified atom stereocenters. The molecule has 1 aromatic rings. The normalized spacial score (nSPS) is 12.1. The van der Waals surface area contributed by atoms with Crippen molar-refractivity contribution < 1.29 is 14.2 Å². The fraction of sp³-hybridized carbons (Fsp3) is 0.364. The summed E-state index contributed by atoms with van der Waals surface area (Å²) < 4.78 is 18.0. The molecule has 0 aromatic heterocycles. The summed E-state index contributed by atoms with van der Waals surface area (Å²) in [5.41, 5.74) is 0.496. The van der Waals surface area contributed by atoms with Crippen molar-refractivity contribution in [1.82, 2.24) is 0 Å². The van der Waals surface area contributed by atoms with Crippen LogP contribution in [0.15, 0.2) is 24.3 Å². The standard InChI is InChI=1S/C11H12FNO2/c12-10-4-1-3-9(7-10)11(8-13)15-6-2-5-14/h1,3-4,7,11,14H,2,5-6H2. The van der Waals surface area contributed by atoms with Crippen molar-refractivity contribution in [3.05, 3.63) is 35.6 Å². The lowest BCUT2D eigenvalue weighted by Gasteiger charge is -2.10. The van der Waals surface area contributed by atoms with Crippen LogP contribution in [0.1, 0.15) is 18.1 Å². The van der Waals surface area contributed by atoms with E-state index >= 15 is 0 Å². The zero-order valence-electron chi connectivity index (χ0n) is 8.19. The first-order chi connectivity index (χ1) is 7.27. The molecule has 0 saturated carbocycles. The zero-order valence-corrected chi connectivity index (χ0v) is 8.19. The van der Waals surface area contributed by atoms with E-state index in [9.17, 15) is 4.39 Å². The Kier molecular flexibility index (Phi) is 4.75. The Labute approximate surface area is 87.7 Å². The second-order valence-corrected chi connectivity index (χ2v) is 3.01. The van der Waals surface area contributed by atoms with Gasteiger partial charge in [0.05, 0.1) is 12.7 Å². The number of hydrogen-bond donors (Lipinski definition) is 1. The van der Waals surface area contributed by atoms with Crippen LogP contribution in [0.25, 0.3) is 0 Å². The summed E-state index contributed by atoms with van der Waals surface area (Å²) in [6, 6.07) is 7.68. The Balaban J connectivity index is 2.63. The van der Waals surface area contributed by atoms with Gasteiger partial charge in [0.2, 0.25) is 0 Å². The fourth-order valence-corrected chi connectivity index (χ4v) is 1.14. The molecule has 0 aliphatic heterocycles. The van der Waals surface area contributed by atoms with Crippen molar-refractivity contribution >= 4 is 0 Å². The molecule has 0 saturated heterocycles. The average Bonchev–Trinajstić information content (AvgIpc) is 2.24. The third-order valence-corrected chi connectivity index (χ3v) is 1.86. The van der Waals surface area contributed by atoms with Crippen LogP contribution in [0, 0.1) is 17.1 Å². The van der Waals surface area contributed by atoms with Crippen molar-refractivity contribution in [2.24, 2.45) is 0 Å². The van der Waals surface area contributed by atoms with Crippen LogP contribution in [0.3, 0.4) is 0 Å². The molecule has 0 aliphatic rings. The molecule has 0 amide bonds. The maximum atomic E-state index is 12.8. The number of aliphatic hydroxyl groups excluding tert-OH is 1. The monoisotopic (exact) mass is 209 g/mol. The number of nitrogens with zero attached hydrogens (tertiary/aromatic N) is 1. The number of aliphatic hydroxyl groups is 1. The van der Waals surface area contributed by atoms with Crippen LogP contribution >= 0.6 is 0 Å². The smallest absolute Gasteiger partial charge is 0.169 e. The second-order valence-electron chi connectivity index (χ2n) is 3.01. The first kappa shape index (κ1) is 11.6. The Morgan fingerprint density at radius 2 is 2.33 bits per heavy atom. The largest absolute Gasteiger partial charge is 0.396 e. The van der Waals surface area contributed by atoms with Crippen LogP contribution in [-0.2, 0) is 4.74 Å². The quantitative estimate of drug-likeness (QED) is 0.752. The van der Waals surface area contributed by atoms with Crippen LogP contribution in [0.5, 0.6) is 0 Å².